The van der Waals surface area contributed by atoms with Gasteiger partial charge in [0.05, 0.1) is 13.2 Å². The van der Waals surface area contributed by atoms with Gasteiger partial charge in [-0.15, -0.1) is 0 Å². The van der Waals surface area contributed by atoms with Crippen LogP contribution in [0.3, 0.4) is 0 Å². The highest BCUT2D eigenvalue weighted by Gasteiger charge is 2.26. The van der Waals surface area contributed by atoms with Crippen molar-refractivity contribution in [1.82, 2.24) is 4.57 Å². The van der Waals surface area contributed by atoms with E-state index in [0.29, 0.717) is 6.61 Å². The average molecular weight is 413 g/mol. The van der Waals surface area contributed by atoms with Crippen LogP contribution < -0.4 is 26.3 Å². The third-order valence-corrected chi connectivity index (χ3v) is 4.88. The number of hydrogen-bond acceptors (Lipinski definition) is 1. The monoisotopic (exact) mass is 412 g/mol. The van der Waals surface area contributed by atoms with Gasteiger partial charge in [-0.2, -0.15) is 4.57 Å². The molecule has 26 heavy (non-hydrogen) atoms. The molecular formula is C22H25BrN2O. The molecule has 0 amide bonds. The fraction of sp³-hybridized carbons (Fsp3) is 0.318. The van der Waals surface area contributed by atoms with E-state index >= 15 is 0 Å². The first-order chi connectivity index (χ1) is 12.4. The minimum atomic E-state index is 0. The Morgan fingerprint density at radius 3 is 2.46 bits per heavy atom. The van der Waals surface area contributed by atoms with Crippen LogP contribution in [-0.2, 0) is 13.0 Å². The van der Waals surface area contributed by atoms with E-state index in [-0.39, 0.29) is 17.0 Å². The lowest BCUT2D eigenvalue weighted by Gasteiger charge is -2.06. The molecule has 0 N–H and O–H groups in total. The zero-order valence-corrected chi connectivity index (χ0v) is 16.8. The van der Waals surface area contributed by atoms with E-state index in [1.54, 1.807) is 0 Å². The summed E-state index contributed by atoms with van der Waals surface area (Å²) in [4.78, 5) is 0. The SMILES string of the molecule is CCOc1ccc(-c2c[n+]3c(n2-c2ccccc2)CCCCC3)cc1.[Br-]. The maximum Gasteiger partial charge on any atom is 0.262 e. The summed E-state index contributed by atoms with van der Waals surface area (Å²) in [5.74, 6) is 2.34. The van der Waals surface area contributed by atoms with Gasteiger partial charge in [0.25, 0.3) is 5.82 Å². The van der Waals surface area contributed by atoms with Crippen LogP contribution in [0.2, 0.25) is 0 Å². The standard InChI is InChI=1S/C22H25N2O.BrH/c1-2-25-20-14-12-18(13-15-20)21-17-23-16-8-4-7-11-22(23)24(21)19-9-5-3-6-10-19;/h3,5-6,9-10,12-15,17H,2,4,7-8,11,16H2,1H3;1H/q+1;/p-1. The van der Waals surface area contributed by atoms with Crippen LogP contribution in [0.1, 0.15) is 32.0 Å². The van der Waals surface area contributed by atoms with Gasteiger partial charge in [-0.25, -0.2) is 4.57 Å². The molecule has 3 aromatic rings. The molecule has 2 aromatic carbocycles. The summed E-state index contributed by atoms with van der Waals surface area (Å²) in [6.45, 7) is 3.82. The smallest absolute Gasteiger partial charge is 0.262 e. The van der Waals surface area contributed by atoms with Crippen molar-refractivity contribution >= 4 is 0 Å². The first kappa shape index (κ1) is 18.7. The summed E-state index contributed by atoms with van der Waals surface area (Å²) >= 11 is 0. The molecular weight excluding hydrogens is 388 g/mol. The normalized spacial score (nSPS) is 13.4. The number of benzene rings is 2. The van der Waals surface area contributed by atoms with E-state index in [1.165, 1.54) is 42.0 Å². The van der Waals surface area contributed by atoms with Gasteiger partial charge in [-0.1, -0.05) is 18.2 Å². The number of fused-ring (bicyclic) bond motifs is 1. The van der Waals surface area contributed by atoms with E-state index in [0.717, 1.165) is 18.7 Å². The van der Waals surface area contributed by atoms with E-state index < -0.39 is 0 Å². The lowest BCUT2D eigenvalue weighted by Crippen LogP contribution is -3.00. The summed E-state index contributed by atoms with van der Waals surface area (Å²) < 4.78 is 10.5. The molecule has 3 nitrogen and oxygen atoms in total. The van der Waals surface area contributed by atoms with Crippen molar-refractivity contribution in [2.45, 2.75) is 39.2 Å². The van der Waals surface area contributed by atoms with E-state index in [4.69, 9.17) is 4.74 Å². The number of aromatic nitrogens is 2. The summed E-state index contributed by atoms with van der Waals surface area (Å²) in [7, 11) is 0. The number of hydrogen-bond donors (Lipinski definition) is 0. The van der Waals surface area contributed by atoms with E-state index in [9.17, 15) is 0 Å². The number of imidazole rings is 1. The molecule has 0 spiro atoms. The second-order valence-electron chi connectivity index (χ2n) is 6.56. The largest absolute Gasteiger partial charge is 1.00 e. The maximum absolute atomic E-state index is 5.60. The number of rotatable bonds is 4. The minimum absolute atomic E-state index is 0. The Bertz CT molecular complexity index is 841. The molecule has 0 saturated heterocycles. The zero-order valence-electron chi connectivity index (χ0n) is 15.2. The molecule has 4 heteroatoms. The van der Waals surface area contributed by atoms with Crippen LogP contribution in [0.4, 0.5) is 0 Å². The van der Waals surface area contributed by atoms with E-state index in [1.807, 2.05) is 6.92 Å². The molecule has 2 heterocycles. The van der Waals surface area contributed by atoms with Gasteiger partial charge in [-0.05, 0) is 62.6 Å². The summed E-state index contributed by atoms with van der Waals surface area (Å²) in [5, 5.41) is 0. The first-order valence-corrected chi connectivity index (χ1v) is 9.29. The van der Waals surface area contributed by atoms with Crippen molar-refractivity contribution < 1.29 is 26.3 Å². The second kappa shape index (κ2) is 8.54. The Morgan fingerprint density at radius 2 is 1.73 bits per heavy atom. The Labute approximate surface area is 166 Å². The molecule has 0 atom stereocenters. The molecule has 0 bridgehead atoms. The van der Waals surface area contributed by atoms with Crippen molar-refractivity contribution in [3.63, 3.8) is 0 Å². The number of para-hydroxylation sites is 1. The van der Waals surface area contributed by atoms with Gasteiger partial charge in [0.2, 0.25) is 0 Å². The molecule has 1 aliphatic rings. The Morgan fingerprint density at radius 1 is 0.962 bits per heavy atom. The molecule has 4 rings (SSSR count). The van der Waals surface area contributed by atoms with Crippen LogP contribution in [0, 0.1) is 0 Å². The lowest BCUT2D eigenvalue weighted by atomic mass is 10.1. The van der Waals surface area contributed by atoms with E-state index in [2.05, 4.69) is 69.9 Å². The van der Waals surface area contributed by atoms with Gasteiger partial charge in [0.1, 0.15) is 17.6 Å². The van der Waals surface area contributed by atoms with Crippen molar-refractivity contribution in [3.05, 3.63) is 66.6 Å². The summed E-state index contributed by atoms with van der Waals surface area (Å²) in [6, 6.07) is 19.2. The molecule has 0 fully saturated rings. The Balaban J connectivity index is 0.00000196. The number of ether oxygens (including phenoxy) is 1. The summed E-state index contributed by atoms with van der Waals surface area (Å²) in [5.41, 5.74) is 3.72. The van der Waals surface area contributed by atoms with Gasteiger partial charge in [0.15, 0.2) is 5.69 Å². The predicted molar refractivity (Wildman–Crippen MR) is 100 cm³/mol. The molecule has 0 saturated carbocycles. The van der Waals surface area contributed by atoms with Crippen molar-refractivity contribution in [1.29, 1.82) is 0 Å². The third-order valence-electron chi connectivity index (χ3n) is 4.88. The first-order valence-electron chi connectivity index (χ1n) is 9.29. The van der Waals surface area contributed by atoms with Crippen molar-refractivity contribution in [2.75, 3.05) is 6.61 Å². The highest BCUT2D eigenvalue weighted by Crippen LogP contribution is 2.27. The quantitative estimate of drug-likeness (QED) is 0.594. The van der Waals surface area contributed by atoms with Crippen LogP contribution in [0.15, 0.2) is 60.8 Å². The highest BCUT2D eigenvalue weighted by molar-refractivity contribution is 5.62. The molecule has 0 aliphatic carbocycles. The number of nitrogens with zero attached hydrogens (tertiary/aromatic N) is 2. The number of halogens is 1. The third kappa shape index (κ3) is 3.70. The van der Waals surface area contributed by atoms with Crippen LogP contribution in [0.5, 0.6) is 5.75 Å². The number of aryl methyl sites for hydroxylation is 1. The van der Waals surface area contributed by atoms with Gasteiger partial charge < -0.3 is 21.7 Å². The van der Waals surface area contributed by atoms with Crippen molar-refractivity contribution in [2.24, 2.45) is 0 Å². The van der Waals surface area contributed by atoms with Crippen LogP contribution in [0.25, 0.3) is 16.9 Å². The minimum Gasteiger partial charge on any atom is -1.00 e. The highest BCUT2D eigenvalue weighted by atomic mass is 79.9. The predicted octanol–water partition coefficient (Wildman–Crippen LogP) is 1.56. The Hall–Kier alpha value is -2.07. The van der Waals surface area contributed by atoms with Gasteiger partial charge in [0, 0.05) is 12.0 Å². The lowest BCUT2D eigenvalue weighted by molar-refractivity contribution is -0.702. The molecule has 0 radical (unpaired) electrons. The molecule has 1 aliphatic heterocycles. The van der Waals surface area contributed by atoms with Gasteiger partial charge in [-0.3, -0.25) is 0 Å². The molecule has 136 valence electrons. The summed E-state index contributed by atoms with van der Waals surface area (Å²) in [6.07, 6.45) is 7.29. The van der Waals surface area contributed by atoms with Crippen LogP contribution >= 0.6 is 0 Å². The maximum atomic E-state index is 5.60. The molecule has 1 aromatic heterocycles. The van der Waals surface area contributed by atoms with Gasteiger partial charge >= 0.3 is 0 Å². The molecule has 0 unspecified atom stereocenters. The second-order valence-corrected chi connectivity index (χ2v) is 6.56. The van der Waals surface area contributed by atoms with Crippen LogP contribution in [-0.4, -0.2) is 11.2 Å². The average Bonchev–Trinajstić information content (AvgIpc) is 2.86. The zero-order chi connectivity index (χ0) is 17.1. The fourth-order valence-corrected chi connectivity index (χ4v) is 3.70. The topological polar surface area (TPSA) is 18.0 Å². The van der Waals surface area contributed by atoms with Crippen molar-refractivity contribution in [3.8, 4) is 22.7 Å². The Kier molecular flexibility index (Phi) is 6.15. The fourth-order valence-electron chi connectivity index (χ4n) is 3.70.